The van der Waals surface area contributed by atoms with Crippen molar-refractivity contribution in [3.8, 4) is 0 Å². The molecule has 1 aromatic heterocycles. The fraction of sp³-hybridized carbons (Fsp3) is 0.429. The first-order chi connectivity index (χ1) is 9.04. The molecule has 2 rings (SSSR count). The van der Waals surface area contributed by atoms with Crippen LogP contribution in [0.4, 0.5) is 0 Å². The largest absolute Gasteiger partial charge is 0.310 e. The van der Waals surface area contributed by atoms with E-state index >= 15 is 0 Å². The monoisotopic (exact) mass is 295 g/mol. The normalized spacial score (nSPS) is 13.1. The number of aromatic nitrogens is 1. The van der Waals surface area contributed by atoms with Crippen LogP contribution in [0.2, 0.25) is 0 Å². The quantitative estimate of drug-likeness (QED) is 0.881. The number of fused-ring (bicyclic) bond motifs is 1. The van der Waals surface area contributed by atoms with Gasteiger partial charge in [0.15, 0.2) is 0 Å². The summed E-state index contributed by atoms with van der Waals surface area (Å²) in [4.78, 5) is 24.3. The van der Waals surface area contributed by atoms with Crippen molar-refractivity contribution in [2.45, 2.75) is 20.4 Å². The summed E-state index contributed by atoms with van der Waals surface area (Å²) < 4.78 is 2.11. The highest BCUT2D eigenvalue weighted by Crippen LogP contribution is 2.15. The molecule has 0 fully saturated rings. The van der Waals surface area contributed by atoms with Crippen LogP contribution in [0.25, 0.3) is 10.1 Å². The number of rotatable bonds is 4. The van der Waals surface area contributed by atoms with Crippen LogP contribution in [0.5, 0.6) is 0 Å². The molecule has 0 amide bonds. The number of thiol groups is 1. The molecule has 0 bridgehead atoms. The molecule has 0 spiro atoms. The minimum absolute atomic E-state index is 0.184. The van der Waals surface area contributed by atoms with Gasteiger partial charge in [-0.2, -0.15) is 12.6 Å². The van der Waals surface area contributed by atoms with Gasteiger partial charge in [-0.25, -0.2) is 0 Å². The third kappa shape index (κ3) is 2.92. The molecular formula is C14H17NO2S2. The second kappa shape index (κ2) is 5.92. The Morgan fingerprint density at radius 1 is 1.26 bits per heavy atom. The van der Waals surface area contributed by atoms with Crippen molar-refractivity contribution in [3.63, 3.8) is 0 Å². The lowest BCUT2D eigenvalue weighted by molar-refractivity contribution is 0.366. The van der Waals surface area contributed by atoms with E-state index in [0.29, 0.717) is 23.6 Å². The van der Waals surface area contributed by atoms with Crippen molar-refractivity contribution in [2.24, 2.45) is 11.8 Å². The molecule has 0 N–H and O–H groups in total. The standard InChI is InChI=1S/C14H17NO2S2/c1-9(2)10(8-18)7-15-13(16)11-5-3-4-6-12(11)19-14(15)17/h3-6,9-10,18H,7-8H2,1-2H3. The molecule has 1 heterocycles. The molecule has 2 aromatic rings. The number of hydrogen-bond acceptors (Lipinski definition) is 4. The summed E-state index contributed by atoms with van der Waals surface area (Å²) in [5, 5.41) is 0.619. The van der Waals surface area contributed by atoms with Gasteiger partial charge in [-0.3, -0.25) is 14.2 Å². The maximum absolute atomic E-state index is 12.4. The Balaban J connectivity index is 2.55. The summed E-state index contributed by atoms with van der Waals surface area (Å²) in [6.45, 7) is 4.61. The average molecular weight is 295 g/mol. The van der Waals surface area contributed by atoms with Gasteiger partial charge in [0.1, 0.15) is 0 Å². The first-order valence-corrected chi connectivity index (χ1v) is 7.73. The van der Waals surface area contributed by atoms with Crippen LogP contribution >= 0.6 is 24.0 Å². The van der Waals surface area contributed by atoms with Crippen molar-refractivity contribution >= 4 is 34.1 Å². The predicted octanol–water partition coefficient (Wildman–Crippen LogP) is 2.63. The van der Waals surface area contributed by atoms with E-state index in [1.807, 2.05) is 18.2 Å². The highest BCUT2D eigenvalue weighted by Gasteiger charge is 2.16. The fourth-order valence-corrected chi connectivity index (χ4v) is 3.39. The van der Waals surface area contributed by atoms with E-state index in [4.69, 9.17) is 0 Å². The summed E-state index contributed by atoms with van der Waals surface area (Å²) in [6, 6.07) is 7.25. The van der Waals surface area contributed by atoms with Gasteiger partial charge >= 0.3 is 4.87 Å². The second-order valence-electron chi connectivity index (χ2n) is 4.97. The first-order valence-electron chi connectivity index (χ1n) is 6.28. The highest BCUT2D eigenvalue weighted by atomic mass is 32.1. The summed E-state index contributed by atoms with van der Waals surface area (Å²) in [5.41, 5.74) is -0.188. The Bertz CT molecular complexity index is 688. The Kier molecular flexibility index (Phi) is 4.47. The molecule has 0 saturated heterocycles. The molecule has 0 aliphatic carbocycles. The van der Waals surface area contributed by atoms with Crippen LogP contribution in [0.3, 0.4) is 0 Å². The Morgan fingerprint density at radius 2 is 1.95 bits per heavy atom. The van der Waals surface area contributed by atoms with E-state index in [0.717, 1.165) is 16.0 Å². The molecule has 19 heavy (non-hydrogen) atoms. The van der Waals surface area contributed by atoms with Gasteiger partial charge in [0.25, 0.3) is 5.56 Å². The zero-order valence-electron chi connectivity index (χ0n) is 11.0. The molecule has 1 atom stereocenters. The van der Waals surface area contributed by atoms with Gasteiger partial charge in [0.05, 0.1) is 5.39 Å². The zero-order valence-corrected chi connectivity index (χ0v) is 12.7. The van der Waals surface area contributed by atoms with Crippen molar-refractivity contribution in [1.29, 1.82) is 0 Å². The van der Waals surface area contributed by atoms with Crippen LogP contribution in [0.15, 0.2) is 33.9 Å². The minimum Gasteiger partial charge on any atom is -0.269 e. The molecule has 3 nitrogen and oxygen atoms in total. The van der Waals surface area contributed by atoms with Crippen molar-refractivity contribution < 1.29 is 0 Å². The number of nitrogens with zero attached hydrogens (tertiary/aromatic N) is 1. The smallest absolute Gasteiger partial charge is 0.269 e. The van der Waals surface area contributed by atoms with E-state index in [1.165, 1.54) is 4.57 Å². The lowest BCUT2D eigenvalue weighted by atomic mass is 9.98. The minimum atomic E-state index is -0.188. The molecule has 0 aliphatic heterocycles. The van der Waals surface area contributed by atoms with Crippen LogP contribution in [-0.2, 0) is 6.54 Å². The average Bonchev–Trinajstić information content (AvgIpc) is 2.38. The van der Waals surface area contributed by atoms with Gasteiger partial charge in [0, 0.05) is 11.2 Å². The highest BCUT2D eigenvalue weighted by molar-refractivity contribution is 7.80. The first kappa shape index (κ1) is 14.3. The molecule has 0 radical (unpaired) electrons. The molecular weight excluding hydrogens is 278 g/mol. The van der Waals surface area contributed by atoms with Crippen molar-refractivity contribution in [2.75, 3.05) is 5.75 Å². The van der Waals surface area contributed by atoms with Gasteiger partial charge in [-0.1, -0.05) is 37.3 Å². The maximum Gasteiger partial charge on any atom is 0.310 e. The maximum atomic E-state index is 12.4. The third-order valence-electron chi connectivity index (χ3n) is 3.37. The van der Waals surface area contributed by atoms with E-state index in [-0.39, 0.29) is 16.4 Å². The zero-order chi connectivity index (χ0) is 14.0. The Labute approximate surface area is 121 Å². The summed E-state index contributed by atoms with van der Waals surface area (Å²) >= 11 is 5.44. The fourth-order valence-electron chi connectivity index (χ4n) is 1.98. The predicted molar refractivity (Wildman–Crippen MR) is 84.5 cm³/mol. The lowest BCUT2D eigenvalue weighted by Crippen LogP contribution is -2.35. The van der Waals surface area contributed by atoms with Crippen LogP contribution in [0, 0.1) is 11.8 Å². The summed E-state index contributed by atoms with van der Waals surface area (Å²) in [7, 11) is 0. The third-order valence-corrected chi connectivity index (χ3v) is 4.81. The summed E-state index contributed by atoms with van der Waals surface area (Å²) in [6.07, 6.45) is 0. The number of hydrogen-bond donors (Lipinski definition) is 1. The lowest BCUT2D eigenvalue weighted by Gasteiger charge is -2.19. The number of benzene rings is 1. The SMILES string of the molecule is CC(C)C(CS)Cn1c(=O)sc2ccccc2c1=O. The van der Waals surface area contributed by atoms with Gasteiger partial charge in [0.2, 0.25) is 0 Å². The summed E-state index contributed by atoms with van der Waals surface area (Å²) in [5.74, 6) is 1.28. The topological polar surface area (TPSA) is 39.1 Å². The van der Waals surface area contributed by atoms with Gasteiger partial charge in [-0.05, 0) is 29.7 Å². The molecule has 0 saturated carbocycles. The van der Waals surface area contributed by atoms with Gasteiger partial charge < -0.3 is 0 Å². The molecule has 0 aliphatic rings. The van der Waals surface area contributed by atoms with E-state index in [9.17, 15) is 9.59 Å². The second-order valence-corrected chi connectivity index (χ2v) is 6.32. The van der Waals surface area contributed by atoms with E-state index < -0.39 is 0 Å². The van der Waals surface area contributed by atoms with Gasteiger partial charge in [-0.15, -0.1) is 0 Å². The van der Waals surface area contributed by atoms with Crippen LogP contribution in [0.1, 0.15) is 13.8 Å². The Hall–Kier alpha value is -1.07. The Morgan fingerprint density at radius 3 is 2.58 bits per heavy atom. The molecule has 5 heteroatoms. The van der Waals surface area contributed by atoms with Crippen LogP contribution < -0.4 is 10.4 Å². The van der Waals surface area contributed by atoms with E-state index in [2.05, 4.69) is 26.5 Å². The van der Waals surface area contributed by atoms with Crippen molar-refractivity contribution in [3.05, 3.63) is 44.3 Å². The molecule has 1 aromatic carbocycles. The van der Waals surface area contributed by atoms with Crippen LogP contribution in [-0.4, -0.2) is 10.3 Å². The molecule has 1 unspecified atom stereocenters. The van der Waals surface area contributed by atoms with E-state index in [1.54, 1.807) is 6.07 Å². The molecule has 102 valence electrons. The van der Waals surface area contributed by atoms with Crippen molar-refractivity contribution in [1.82, 2.24) is 4.57 Å².